The number of rotatable bonds is 5. The van der Waals surface area contributed by atoms with Gasteiger partial charge in [-0.1, -0.05) is 18.2 Å². The summed E-state index contributed by atoms with van der Waals surface area (Å²) in [6, 6.07) is 8.03. The fourth-order valence-corrected chi connectivity index (χ4v) is 2.80. The lowest BCUT2D eigenvalue weighted by Crippen LogP contribution is -2.32. The zero-order chi connectivity index (χ0) is 16.8. The lowest BCUT2D eigenvalue weighted by atomic mass is 10.0. The molecule has 0 fully saturated rings. The van der Waals surface area contributed by atoms with E-state index in [1.165, 1.54) is 5.56 Å². The predicted molar refractivity (Wildman–Crippen MR) is 88.1 cm³/mol. The zero-order valence-corrected chi connectivity index (χ0v) is 13.9. The molecule has 1 aliphatic rings. The van der Waals surface area contributed by atoms with E-state index in [-0.39, 0.29) is 18.8 Å². The van der Waals surface area contributed by atoms with E-state index in [1.807, 2.05) is 23.1 Å². The van der Waals surface area contributed by atoms with E-state index in [2.05, 4.69) is 6.07 Å². The van der Waals surface area contributed by atoms with Crippen LogP contribution in [0.2, 0.25) is 0 Å². The fourth-order valence-electron chi connectivity index (χ4n) is 2.80. The van der Waals surface area contributed by atoms with E-state index in [1.54, 1.807) is 20.8 Å². The number of ether oxygens (including phenoxy) is 2. The third kappa shape index (κ3) is 3.73. The molecule has 0 saturated heterocycles. The van der Waals surface area contributed by atoms with Gasteiger partial charge in [-0.25, -0.2) is 9.59 Å². The number of carbonyl (C=O) groups is 2. The van der Waals surface area contributed by atoms with Crippen LogP contribution in [0.1, 0.15) is 32.8 Å². The highest BCUT2D eigenvalue weighted by molar-refractivity contribution is 6.15. The lowest BCUT2D eigenvalue weighted by molar-refractivity contribution is -0.146. The van der Waals surface area contributed by atoms with Crippen LogP contribution in [0.25, 0.3) is 0 Å². The van der Waals surface area contributed by atoms with Gasteiger partial charge in [-0.05, 0) is 45.2 Å². The molecular formula is C18H23NO4. The van der Waals surface area contributed by atoms with Crippen molar-refractivity contribution in [3.05, 3.63) is 41.1 Å². The maximum Gasteiger partial charge on any atom is 0.347 e. The average molecular weight is 317 g/mol. The summed E-state index contributed by atoms with van der Waals surface area (Å²) < 4.78 is 10.1. The van der Waals surface area contributed by atoms with Gasteiger partial charge in [0.1, 0.15) is 0 Å². The monoisotopic (exact) mass is 317 g/mol. The molecule has 124 valence electrons. The normalized spacial score (nSPS) is 13.1. The molecule has 23 heavy (non-hydrogen) atoms. The molecule has 5 heteroatoms. The molecular weight excluding hydrogens is 294 g/mol. The Bertz CT molecular complexity index is 601. The first-order chi connectivity index (χ1) is 11.1. The molecule has 1 aliphatic heterocycles. The minimum atomic E-state index is -0.633. The van der Waals surface area contributed by atoms with Gasteiger partial charge in [0.25, 0.3) is 0 Å². The Kier molecular flexibility index (Phi) is 5.79. The van der Waals surface area contributed by atoms with E-state index in [0.717, 1.165) is 25.1 Å². The Morgan fingerprint density at radius 3 is 2.30 bits per heavy atom. The number of allylic oxidation sites excluding steroid dienone is 1. The molecule has 0 amide bonds. The van der Waals surface area contributed by atoms with Crippen LogP contribution in [0.3, 0.4) is 0 Å². The zero-order valence-electron chi connectivity index (χ0n) is 13.9. The molecule has 0 N–H and O–H groups in total. The van der Waals surface area contributed by atoms with Crippen LogP contribution in [-0.4, -0.2) is 31.7 Å². The largest absolute Gasteiger partial charge is 0.462 e. The summed E-state index contributed by atoms with van der Waals surface area (Å²) in [6.07, 6.45) is 1.96. The number of hydrogen-bond acceptors (Lipinski definition) is 5. The van der Waals surface area contributed by atoms with Crippen molar-refractivity contribution in [2.75, 3.05) is 24.7 Å². The van der Waals surface area contributed by atoms with Crippen LogP contribution in [-0.2, 0) is 25.5 Å². The fraction of sp³-hybridized carbons (Fsp3) is 0.444. The lowest BCUT2D eigenvalue weighted by Gasteiger charge is -2.32. The maximum absolute atomic E-state index is 12.2. The van der Waals surface area contributed by atoms with Crippen molar-refractivity contribution in [3.63, 3.8) is 0 Å². The van der Waals surface area contributed by atoms with Crippen LogP contribution < -0.4 is 4.90 Å². The number of esters is 2. The summed E-state index contributed by atoms with van der Waals surface area (Å²) in [6.45, 7) is 6.38. The highest BCUT2D eigenvalue weighted by Gasteiger charge is 2.28. The molecule has 0 bridgehead atoms. The molecule has 0 saturated carbocycles. The summed E-state index contributed by atoms with van der Waals surface area (Å²) in [5.41, 5.74) is 2.80. The van der Waals surface area contributed by atoms with Crippen molar-refractivity contribution < 1.29 is 19.1 Å². The number of hydrogen-bond donors (Lipinski definition) is 0. The first-order valence-electron chi connectivity index (χ1n) is 8.00. The molecule has 0 atom stereocenters. The summed E-state index contributed by atoms with van der Waals surface area (Å²) in [4.78, 5) is 26.5. The average Bonchev–Trinajstić information content (AvgIpc) is 2.55. The Morgan fingerprint density at radius 2 is 1.70 bits per heavy atom. The second-order valence-electron chi connectivity index (χ2n) is 5.29. The van der Waals surface area contributed by atoms with Crippen LogP contribution in [0.5, 0.6) is 0 Å². The molecule has 0 unspecified atom stereocenters. The number of aryl methyl sites for hydroxylation is 1. The van der Waals surface area contributed by atoms with E-state index in [9.17, 15) is 9.59 Å². The molecule has 0 spiro atoms. The van der Waals surface area contributed by atoms with E-state index in [4.69, 9.17) is 9.47 Å². The van der Waals surface area contributed by atoms with Crippen molar-refractivity contribution in [1.29, 1.82) is 0 Å². The van der Waals surface area contributed by atoms with Crippen LogP contribution >= 0.6 is 0 Å². The molecule has 1 heterocycles. The first-order valence-corrected chi connectivity index (χ1v) is 8.00. The first kappa shape index (κ1) is 17.1. The summed E-state index contributed by atoms with van der Waals surface area (Å²) >= 11 is 0. The van der Waals surface area contributed by atoms with Gasteiger partial charge in [0.05, 0.1) is 13.2 Å². The van der Waals surface area contributed by atoms with E-state index in [0.29, 0.717) is 5.70 Å². The van der Waals surface area contributed by atoms with Crippen LogP contribution in [0, 0.1) is 0 Å². The standard InChI is InChI=1S/C18H23NO4/c1-4-22-17(20)16(18(21)23-5-2)13(3)19-12-8-10-14-9-6-7-11-15(14)19/h6-7,9,11H,4-5,8,10,12H2,1-3H3. The molecule has 1 aromatic carbocycles. The molecule has 0 radical (unpaired) electrons. The van der Waals surface area contributed by atoms with Gasteiger partial charge in [-0.15, -0.1) is 0 Å². The van der Waals surface area contributed by atoms with Crippen molar-refractivity contribution in [3.8, 4) is 0 Å². The number of carbonyl (C=O) groups excluding carboxylic acids is 2. The van der Waals surface area contributed by atoms with Crippen molar-refractivity contribution >= 4 is 17.6 Å². The number of benzene rings is 1. The van der Waals surface area contributed by atoms with Crippen LogP contribution in [0.4, 0.5) is 5.69 Å². The van der Waals surface area contributed by atoms with Gasteiger partial charge in [-0.2, -0.15) is 0 Å². The number of fused-ring (bicyclic) bond motifs is 1. The van der Waals surface area contributed by atoms with Gasteiger partial charge in [0.2, 0.25) is 0 Å². The summed E-state index contributed by atoms with van der Waals surface area (Å²) in [5, 5.41) is 0. The Hall–Kier alpha value is -2.30. The second-order valence-corrected chi connectivity index (χ2v) is 5.29. The molecule has 2 rings (SSSR count). The smallest absolute Gasteiger partial charge is 0.347 e. The minimum Gasteiger partial charge on any atom is -0.462 e. The minimum absolute atomic E-state index is 0.0228. The maximum atomic E-state index is 12.2. The summed E-state index contributed by atoms with van der Waals surface area (Å²) in [5.74, 6) is -1.27. The SMILES string of the molecule is CCOC(=O)C(C(=O)OCC)=C(C)N1CCCc2ccccc21. The number of nitrogens with zero attached hydrogens (tertiary/aromatic N) is 1. The molecule has 1 aromatic rings. The van der Waals surface area contributed by atoms with Gasteiger partial charge in [0, 0.05) is 17.9 Å². The van der Waals surface area contributed by atoms with Crippen molar-refractivity contribution in [2.45, 2.75) is 33.6 Å². The van der Waals surface area contributed by atoms with E-state index < -0.39 is 11.9 Å². The second kappa shape index (κ2) is 7.81. The Balaban J connectivity index is 2.46. The summed E-state index contributed by atoms with van der Waals surface area (Å²) in [7, 11) is 0. The van der Waals surface area contributed by atoms with Crippen molar-refractivity contribution in [1.82, 2.24) is 0 Å². The van der Waals surface area contributed by atoms with Crippen molar-refractivity contribution in [2.24, 2.45) is 0 Å². The van der Waals surface area contributed by atoms with Gasteiger partial charge < -0.3 is 14.4 Å². The predicted octanol–water partition coefficient (Wildman–Crippen LogP) is 2.84. The number of para-hydroxylation sites is 1. The van der Waals surface area contributed by atoms with Crippen LogP contribution in [0.15, 0.2) is 35.5 Å². The highest BCUT2D eigenvalue weighted by atomic mass is 16.6. The third-order valence-corrected chi connectivity index (χ3v) is 3.84. The third-order valence-electron chi connectivity index (χ3n) is 3.84. The number of anilines is 1. The quantitative estimate of drug-likeness (QED) is 0.362. The van der Waals surface area contributed by atoms with Gasteiger partial charge in [-0.3, -0.25) is 0 Å². The van der Waals surface area contributed by atoms with Gasteiger partial charge in [0.15, 0.2) is 5.57 Å². The molecule has 0 aromatic heterocycles. The van der Waals surface area contributed by atoms with E-state index >= 15 is 0 Å². The molecule has 0 aliphatic carbocycles. The Labute approximate surface area is 136 Å². The molecule has 5 nitrogen and oxygen atoms in total. The Morgan fingerprint density at radius 1 is 1.09 bits per heavy atom. The highest BCUT2D eigenvalue weighted by Crippen LogP contribution is 2.31. The van der Waals surface area contributed by atoms with Gasteiger partial charge >= 0.3 is 11.9 Å². The topological polar surface area (TPSA) is 55.8 Å².